The zero-order valence-corrected chi connectivity index (χ0v) is 13.9. The van der Waals surface area contributed by atoms with Gasteiger partial charge < -0.3 is 15.0 Å². The minimum absolute atomic E-state index is 0.296. The smallest absolute Gasteiger partial charge is 0.407 e. The van der Waals surface area contributed by atoms with Crippen LogP contribution in [0.2, 0.25) is 0 Å². The third kappa shape index (κ3) is 4.96. The van der Waals surface area contributed by atoms with Crippen molar-refractivity contribution in [3.05, 3.63) is 35.9 Å². The Morgan fingerprint density at radius 3 is 2.48 bits per heavy atom. The van der Waals surface area contributed by atoms with Crippen molar-refractivity contribution < 1.29 is 9.53 Å². The number of carbonyl (C=O) groups excluding carboxylic acids is 1. The van der Waals surface area contributed by atoms with Crippen LogP contribution >= 0.6 is 0 Å². The van der Waals surface area contributed by atoms with Gasteiger partial charge in [0.2, 0.25) is 0 Å². The van der Waals surface area contributed by atoms with Gasteiger partial charge in [0, 0.05) is 12.6 Å². The third-order valence-corrected chi connectivity index (χ3v) is 5.22. The molecular formula is C19H28N2O2. The number of amides is 1. The van der Waals surface area contributed by atoms with Crippen LogP contribution in [0.1, 0.15) is 44.1 Å². The maximum absolute atomic E-state index is 11.8. The van der Waals surface area contributed by atoms with Crippen LogP contribution in [0.3, 0.4) is 0 Å². The quantitative estimate of drug-likeness (QED) is 0.903. The minimum atomic E-state index is -0.296. The number of rotatable bonds is 5. The molecule has 2 aliphatic rings. The number of likely N-dealkylation sites (tertiary alicyclic amines) is 1. The number of hydrogen-bond acceptors (Lipinski definition) is 3. The molecule has 0 atom stereocenters. The Bertz CT molecular complexity index is 477. The summed E-state index contributed by atoms with van der Waals surface area (Å²) < 4.78 is 5.26. The van der Waals surface area contributed by atoms with Crippen LogP contribution in [0.25, 0.3) is 0 Å². The Balaban J connectivity index is 1.31. The third-order valence-electron chi connectivity index (χ3n) is 5.22. The maximum atomic E-state index is 11.8. The predicted molar refractivity (Wildman–Crippen MR) is 91.2 cm³/mol. The summed E-state index contributed by atoms with van der Waals surface area (Å²) >= 11 is 0. The molecule has 4 heteroatoms. The van der Waals surface area contributed by atoms with Gasteiger partial charge in [0.25, 0.3) is 0 Å². The van der Waals surface area contributed by atoms with Crippen molar-refractivity contribution in [3.8, 4) is 0 Å². The van der Waals surface area contributed by atoms with E-state index >= 15 is 0 Å². The molecule has 1 aliphatic carbocycles. The zero-order chi connectivity index (χ0) is 15.9. The number of hydrogen-bond donors (Lipinski definition) is 1. The molecule has 1 amide bonds. The van der Waals surface area contributed by atoms with E-state index in [0.717, 1.165) is 18.2 Å². The van der Waals surface area contributed by atoms with Gasteiger partial charge in [0.15, 0.2) is 0 Å². The topological polar surface area (TPSA) is 41.6 Å². The first-order valence-electron chi connectivity index (χ1n) is 9.00. The van der Waals surface area contributed by atoms with Crippen molar-refractivity contribution in [2.45, 2.75) is 51.2 Å². The number of carbonyl (C=O) groups is 1. The van der Waals surface area contributed by atoms with Gasteiger partial charge in [-0.15, -0.1) is 0 Å². The number of nitrogens with one attached hydrogen (secondary N) is 1. The monoisotopic (exact) mass is 316 g/mol. The highest BCUT2D eigenvalue weighted by atomic mass is 16.5. The van der Waals surface area contributed by atoms with Crippen molar-refractivity contribution >= 4 is 6.09 Å². The molecule has 0 bridgehead atoms. The van der Waals surface area contributed by atoms with Crippen LogP contribution in [0.4, 0.5) is 4.79 Å². The molecule has 0 aromatic heterocycles. The Morgan fingerprint density at radius 1 is 1.09 bits per heavy atom. The van der Waals surface area contributed by atoms with Crippen LogP contribution in [0.5, 0.6) is 0 Å². The van der Waals surface area contributed by atoms with Crippen LogP contribution in [0, 0.1) is 5.92 Å². The highest BCUT2D eigenvalue weighted by Gasteiger charge is 2.27. The van der Waals surface area contributed by atoms with Crippen molar-refractivity contribution in [3.63, 3.8) is 0 Å². The lowest BCUT2D eigenvalue weighted by molar-refractivity contribution is 0.132. The fourth-order valence-corrected chi connectivity index (χ4v) is 3.82. The molecule has 1 heterocycles. The van der Waals surface area contributed by atoms with Gasteiger partial charge in [0.05, 0.1) is 0 Å². The summed E-state index contributed by atoms with van der Waals surface area (Å²) in [6, 6.07) is 10.6. The first kappa shape index (κ1) is 16.3. The molecular weight excluding hydrogens is 288 g/mol. The second kappa shape index (κ2) is 8.34. The zero-order valence-electron chi connectivity index (χ0n) is 13.9. The summed E-state index contributed by atoms with van der Waals surface area (Å²) in [5, 5.41) is 2.93. The minimum Gasteiger partial charge on any atom is -0.445 e. The molecule has 1 N–H and O–H groups in total. The average molecular weight is 316 g/mol. The van der Waals surface area contributed by atoms with Gasteiger partial charge in [-0.05, 0) is 63.1 Å². The van der Waals surface area contributed by atoms with Crippen LogP contribution < -0.4 is 5.32 Å². The molecule has 1 aromatic rings. The first-order chi connectivity index (χ1) is 11.3. The molecule has 1 saturated heterocycles. The van der Waals surface area contributed by atoms with Gasteiger partial charge in [-0.2, -0.15) is 0 Å². The lowest BCUT2D eigenvalue weighted by Crippen LogP contribution is -2.38. The SMILES string of the molecule is O=C(NC[C@H]1CC[C@H](N2CCCC2)CC1)OCc1ccccc1. The van der Waals surface area contributed by atoms with E-state index in [-0.39, 0.29) is 6.09 Å². The fraction of sp³-hybridized carbons (Fsp3) is 0.632. The van der Waals surface area contributed by atoms with Gasteiger partial charge in [-0.25, -0.2) is 4.79 Å². The normalized spacial score (nSPS) is 25.2. The molecule has 0 spiro atoms. The lowest BCUT2D eigenvalue weighted by atomic mass is 9.85. The predicted octanol–water partition coefficient (Wildman–Crippen LogP) is 3.57. The van der Waals surface area contributed by atoms with Crippen LogP contribution in [0.15, 0.2) is 30.3 Å². The van der Waals surface area contributed by atoms with E-state index in [0.29, 0.717) is 12.5 Å². The van der Waals surface area contributed by atoms with Crippen molar-refractivity contribution in [1.82, 2.24) is 10.2 Å². The van der Waals surface area contributed by atoms with E-state index in [1.54, 1.807) is 0 Å². The molecule has 23 heavy (non-hydrogen) atoms. The number of alkyl carbamates (subject to hydrolysis) is 1. The van der Waals surface area contributed by atoms with E-state index in [4.69, 9.17) is 4.74 Å². The van der Waals surface area contributed by atoms with Gasteiger partial charge in [0.1, 0.15) is 6.61 Å². The highest BCUT2D eigenvalue weighted by Crippen LogP contribution is 2.29. The van der Waals surface area contributed by atoms with Crippen LogP contribution in [-0.4, -0.2) is 36.7 Å². The van der Waals surface area contributed by atoms with Crippen LogP contribution in [-0.2, 0) is 11.3 Å². The second-order valence-electron chi connectivity index (χ2n) is 6.86. The first-order valence-corrected chi connectivity index (χ1v) is 9.00. The lowest BCUT2D eigenvalue weighted by Gasteiger charge is -2.34. The van der Waals surface area contributed by atoms with Gasteiger partial charge >= 0.3 is 6.09 Å². The van der Waals surface area contributed by atoms with E-state index < -0.39 is 0 Å². The number of ether oxygens (including phenoxy) is 1. The summed E-state index contributed by atoms with van der Waals surface area (Å²) in [6.45, 7) is 3.67. The molecule has 0 unspecified atom stereocenters. The summed E-state index contributed by atoms with van der Waals surface area (Å²) in [7, 11) is 0. The van der Waals surface area contributed by atoms with Gasteiger partial charge in [-0.3, -0.25) is 0 Å². The van der Waals surface area contributed by atoms with Crippen molar-refractivity contribution in [2.75, 3.05) is 19.6 Å². The number of benzene rings is 1. The highest BCUT2D eigenvalue weighted by molar-refractivity contribution is 5.67. The molecule has 0 radical (unpaired) electrons. The molecule has 4 nitrogen and oxygen atoms in total. The van der Waals surface area contributed by atoms with Crippen molar-refractivity contribution in [1.29, 1.82) is 0 Å². The number of nitrogens with zero attached hydrogens (tertiary/aromatic N) is 1. The summed E-state index contributed by atoms with van der Waals surface area (Å²) in [6.07, 6.45) is 7.45. The molecule has 126 valence electrons. The Morgan fingerprint density at radius 2 is 1.78 bits per heavy atom. The summed E-state index contributed by atoms with van der Waals surface area (Å²) in [5.41, 5.74) is 1.02. The van der Waals surface area contributed by atoms with E-state index in [2.05, 4.69) is 10.2 Å². The molecule has 1 aliphatic heterocycles. The summed E-state index contributed by atoms with van der Waals surface area (Å²) in [4.78, 5) is 14.5. The molecule has 2 fully saturated rings. The van der Waals surface area contributed by atoms with Gasteiger partial charge in [-0.1, -0.05) is 30.3 Å². The maximum Gasteiger partial charge on any atom is 0.407 e. The van der Waals surface area contributed by atoms with E-state index in [1.165, 1.54) is 51.6 Å². The fourth-order valence-electron chi connectivity index (χ4n) is 3.82. The average Bonchev–Trinajstić information content (AvgIpc) is 3.14. The Kier molecular flexibility index (Phi) is 5.92. The van der Waals surface area contributed by atoms with E-state index in [1.807, 2.05) is 30.3 Å². The standard InChI is InChI=1S/C19H28N2O2/c22-19(23-15-17-6-2-1-3-7-17)20-14-16-8-10-18(11-9-16)21-12-4-5-13-21/h1-3,6-7,16,18H,4-5,8-15H2,(H,20,22)/t16-,18-. The molecule has 1 saturated carbocycles. The molecule has 1 aromatic carbocycles. The molecule has 3 rings (SSSR count). The summed E-state index contributed by atoms with van der Waals surface area (Å²) in [5.74, 6) is 0.609. The van der Waals surface area contributed by atoms with E-state index in [9.17, 15) is 4.79 Å². The largest absolute Gasteiger partial charge is 0.445 e. The second-order valence-corrected chi connectivity index (χ2v) is 6.86. The van der Waals surface area contributed by atoms with Crippen molar-refractivity contribution in [2.24, 2.45) is 5.92 Å². The Labute approximate surface area is 139 Å². The Hall–Kier alpha value is -1.55.